The first-order valence-corrected chi connectivity index (χ1v) is 7.94. The fourth-order valence-electron chi connectivity index (χ4n) is 2.67. The summed E-state index contributed by atoms with van der Waals surface area (Å²) in [6.07, 6.45) is 3.40. The predicted octanol–water partition coefficient (Wildman–Crippen LogP) is 3.46. The Kier molecular flexibility index (Phi) is 5.52. The third kappa shape index (κ3) is 3.91. The summed E-state index contributed by atoms with van der Waals surface area (Å²) in [6.45, 7) is 4.26. The Hall–Kier alpha value is -1.21. The molecule has 0 bridgehead atoms. The fraction of sp³-hybridized carbons (Fsp3) is 0.571. The third-order valence-electron chi connectivity index (χ3n) is 3.79. The van der Waals surface area contributed by atoms with Crippen molar-refractivity contribution in [2.24, 2.45) is 0 Å². The second-order valence-electron chi connectivity index (χ2n) is 5.20. The molecule has 0 saturated carbocycles. The van der Waals surface area contributed by atoms with E-state index in [1.54, 1.807) is 0 Å². The van der Waals surface area contributed by atoms with Crippen molar-refractivity contribution in [3.63, 3.8) is 0 Å². The van der Waals surface area contributed by atoms with Crippen molar-refractivity contribution in [1.82, 2.24) is 5.32 Å². The van der Waals surface area contributed by atoms with E-state index in [4.69, 9.17) is 0 Å². The van der Waals surface area contributed by atoms with Gasteiger partial charge in [-0.3, -0.25) is 10.1 Å². The van der Waals surface area contributed by atoms with Crippen LogP contribution in [0.2, 0.25) is 0 Å². The zero-order valence-corrected chi connectivity index (χ0v) is 13.5. The average molecular weight is 360 g/mol. The normalized spacial score (nSPS) is 18.5. The fourth-order valence-corrected chi connectivity index (χ4v) is 3.00. The van der Waals surface area contributed by atoms with Crippen molar-refractivity contribution in [2.45, 2.75) is 32.2 Å². The lowest BCUT2D eigenvalue weighted by Gasteiger charge is -2.31. The van der Waals surface area contributed by atoms with Crippen molar-refractivity contribution < 1.29 is 9.31 Å². The highest BCUT2D eigenvalue weighted by Gasteiger charge is 2.24. The number of nitrogens with one attached hydrogen (secondary N) is 1. The highest BCUT2D eigenvalue weighted by molar-refractivity contribution is 9.10. The molecule has 7 heteroatoms. The first-order valence-electron chi connectivity index (χ1n) is 7.14. The van der Waals surface area contributed by atoms with Gasteiger partial charge in [0, 0.05) is 19.1 Å². The maximum Gasteiger partial charge on any atom is 0.295 e. The molecule has 1 atom stereocenters. The molecule has 5 nitrogen and oxygen atoms in total. The Morgan fingerprint density at radius 2 is 2.29 bits per heavy atom. The quantitative estimate of drug-likeness (QED) is 0.645. The van der Waals surface area contributed by atoms with Gasteiger partial charge in [0.05, 0.1) is 15.5 Å². The standard InChI is InChI=1S/C14H19BrFN3O2/c1-2-18(9-10-5-3-4-6-17-10)13-7-11(15)12(16)8-14(13)19(20)21/h7-8,10,17H,2-6,9H2,1H3. The summed E-state index contributed by atoms with van der Waals surface area (Å²) in [5.74, 6) is -0.614. The van der Waals surface area contributed by atoms with Gasteiger partial charge in [0.1, 0.15) is 11.5 Å². The van der Waals surface area contributed by atoms with Crippen LogP contribution in [0, 0.1) is 15.9 Å². The number of rotatable bonds is 5. The second kappa shape index (κ2) is 7.17. The van der Waals surface area contributed by atoms with Crippen LogP contribution in [0.5, 0.6) is 0 Å². The maximum atomic E-state index is 13.6. The lowest BCUT2D eigenvalue weighted by Crippen LogP contribution is -2.43. The Balaban J connectivity index is 2.27. The number of anilines is 1. The largest absolute Gasteiger partial charge is 0.365 e. The first-order chi connectivity index (χ1) is 10.0. The molecule has 21 heavy (non-hydrogen) atoms. The molecule has 0 amide bonds. The van der Waals surface area contributed by atoms with Crippen LogP contribution in [0.3, 0.4) is 0 Å². The summed E-state index contributed by atoms with van der Waals surface area (Å²) >= 11 is 3.11. The zero-order chi connectivity index (χ0) is 15.4. The number of halogens is 2. The highest BCUT2D eigenvalue weighted by Crippen LogP contribution is 2.33. The molecule has 2 rings (SSSR count). The van der Waals surface area contributed by atoms with Crippen LogP contribution in [0.4, 0.5) is 15.8 Å². The summed E-state index contributed by atoms with van der Waals surface area (Å²) < 4.78 is 13.8. The van der Waals surface area contributed by atoms with E-state index in [0.717, 1.165) is 19.0 Å². The number of nitro benzene ring substituents is 1. The Labute approximate surface area is 131 Å². The molecule has 0 radical (unpaired) electrons. The Morgan fingerprint density at radius 3 is 2.86 bits per heavy atom. The number of likely N-dealkylation sites (N-methyl/N-ethyl adjacent to an activating group) is 1. The molecule has 1 unspecified atom stereocenters. The molecule has 0 aliphatic carbocycles. The van der Waals surface area contributed by atoms with E-state index in [2.05, 4.69) is 21.2 Å². The van der Waals surface area contributed by atoms with Gasteiger partial charge in [-0.15, -0.1) is 0 Å². The van der Waals surface area contributed by atoms with E-state index in [1.165, 1.54) is 18.9 Å². The summed E-state index contributed by atoms with van der Waals surface area (Å²) in [7, 11) is 0. The SMILES string of the molecule is CCN(CC1CCCCN1)c1cc(Br)c(F)cc1[N+](=O)[O-]. The number of piperidine rings is 1. The minimum absolute atomic E-state index is 0.187. The van der Waals surface area contributed by atoms with Gasteiger partial charge in [-0.2, -0.15) is 0 Å². The Bertz CT molecular complexity index is 521. The molecule has 1 aliphatic rings. The lowest BCUT2D eigenvalue weighted by atomic mass is 10.0. The molecule has 116 valence electrons. The topological polar surface area (TPSA) is 58.4 Å². The van der Waals surface area contributed by atoms with Crippen LogP contribution in [0.15, 0.2) is 16.6 Å². The number of nitro groups is 1. The number of benzene rings is 1. The van der Waals surface area contributed by atoms with Crippen LogP contribution in [-0.2, 0) is 0 Å². The van der Waals surface area contributed by atoms with E-state index in [-0.39, 0.29) is 10.2 Å². The average Bonchev–Trinajstić information content (AvgIpc) is 2.48. The molecule has 1 saturated heterocycles. The number of nitrogens with zero attached hydrogens (tertiary/aromatic N) is 2. The van der Waals surface area contributed by atoms with Gasteiger partial charge in [0.25, 0.3) is 5.69 Å². The van der Waals surface area contributed by atoms with E-state index < -0.39 is 10.7 Å². The first kappa shape index (κ1) is 16.2. The summed E-state index contributed by atoms with van der Waals surface area (Å²) in [6, 6.07) is 2.80. The van der Waals surface area contributed by atoms with Crippen molar-refractivity contribution in [3.8, 4) is 0 Å². The second-order valence-corrected chi connectivity index (χ2v) is 6.05. The highest BCUT2D eigenvalue weighted by atomic mass is 79.9. The van der Waals surface area contributed by atoms with Gasteiger partial charge < -0.3 is 10.2 Å². The summed E-state index contributed by atoms with van der Waals surface area (Å²) in [5, 5.41) is 14.6. The smallest absolute Gasteiger partial charge is 0.295 e. The van der Waals surface area contributed by atoms with Crippen molar-refractivity contribution >= 4 is 27.3 Å². The molecule has 0 spiro atoms. The summed E-state index contributed by atoms with van der Waals surface area (Å²) in [4.78, 5) is 12.6. The maximum absolute atomic E-state index is 13.6. The van der Waals surface area contributed by atoms with E-state index in [9.17, 15) is 14.5 Å². The van der Waals surface area contributed by atoms with Gasteiger partial charge in [0.2, 0.25) is 0 Å². The minimum atomic E-state index is -0.614. The molecule has 0 aromatic heterocycles. The van der Waals surface area contributed by atoms with Crippen LogP contribution in [0.1, 0.15) is 26.2 Å². The molecular weight excluding hydrogens is 341 g/mol. The van der Waals surface area contributed by atoms with Gasteiger partial charge in [-0.05, 0) is 48.3 Å². The van der Waals surface area contributed by atoms with E-state index >= 15 is 0 Å². The Morgan fingerprint density at radius 1 is 1.52 bits per heavy atom. The molecule has 1 heterocycles. The van der Waals surface area contributed by atoms with Crippen LogP contribution in [0.25, 0.3) is 0 Å². The van der Waals surface area contributed by atoms with Crippen LogP contribution < -0.4 is 10.2 Å². The van der Waals surface area contributed by atoms with E-state index in [0.29, 0.717) is 24.8 Å². The lowest BCUT2D eigenvalue weighted by molar-refractivity contribution is -0.384. The predicted molar refractivity (Wildman–Crippen MR) is 84.3 cm³/mol. The monoisotopic (exact) mass is 359 g/mol. The summed E-state index contributed by atoms with van der Waals surface area (Å²) in [5.41, 5.74) is 0.275. The number of hydrogen-bond acceptors (Lipinski definition) is 4. The van der Waals surface area contributed by atoms with E-state index in [1.807, 2.05) is 11.8 Å². The van der Waals surface area contributed by atoms with Gasteiger partial charge in [0.15, 0.2) is 0 Å². The molecule has 1 aliphatic heterocycles. The molecule has 1 aromatic rings. The third-order valence-corrected chi connectivity index (χ3v) is 4.40. The van der Waals surface area contributed by atoms with Crippen molar-refractivity contribution in [1.29, 1.82) is 0 Å². The van der Waals surface area contributed by atoms with Crippen LogP contribution in [-0.4, -0.2) is 30.6 Å². The molecule has 1 fully saturated rings. The molecule has 1 N–H and O–H groups in total. The zero-order valence-electron chi connectivity index (χ0n) is 11.9. The molecular formula is C14H19BrFN3O2. The van der Waals surface area contributed by atoms with Crippen LogP contribution >= 0.6 is 15.9 Å². The van der Waals surface area contributed by atoms with Gasteiger partial charge in [-0.1, -0.05) is 6.42 Å². The van der Waals surface area contributed by atoms with Gasteiger partial charge in [-0.25, -0.2) is 4.39 Å². The van der Waals surface area contributed by atoms with Crippen molar-refractivity contribution in [3.05, 3.63) is 32.5 Å². The molecule has 1 aromatic carbocycles. The van der Waals surface area contributed by atoms with Gasteiger partial charge >= 0.3 is 0 Å². The minimum Gasteiger partial charge on any atom is -0.365 e. The van der Waals surface area contributed by atoms with Crippen molar-refractivity contribution in [2.75, 3.05) is 24.5 Å². The number of hydrogen-bond donors (Lipinski definition) is 1.